The average Bonchev–Trinajstić information content (AvgIpc) is 2.02. The largest absolute Gasteiger partial charge is 0.444 e. The summed E-state index contributed by atoms with van der Waals surface area (Å²) >= 11 is 0. The number of aliphatic hydroxyl groups excluding tert-OH is 1. The van der Waals surface area contributed by atoms with Gasteiger partial charge >= 0.3 is 6.09 Å². The number of hydrogen-bond donors (Lipinski definition) is 2. The summed E-state index contributed by atoms with van der Waals surface area (Å²) in [6.45, 7) is 5.46. The third kappa shape index (κ3) is 6.28. The summed E-state index contributed by atoms with van der Waals surface area (Å²) in [6.07, 6.45) is 0.628. The number of alkyl halides is 1. The van der Waals surface area contributed by atoms with E-state index in [0.29, 0.717) is 20.0 Å². The lowest BCUT2D eigenvalue weighted by Gasteiger charge is -2.32. The Morgan fingerprint density at radius 2 is 1.87 bits per heavy atom. The van der Waals surface area contributed by atoms with Crippen LogP contribution in [0.2, 0.25) is 0 Å². The Hall–Kier alpha value is -0.840. The zero-order chi connectivity index (χ0) is 12.1. The highest BCUT2D eigenvalue weighted by Gasteiger charge is 2.29. The van der Waals surface area contributed by atoms with Gasteiger partial charge in [-0.25, -0.2) is 4.79 Å². The van der Waals surface area contributed by atoms with E-state index < -0.39 is 11.7 Å². The molecule has 0 saturated heterocycles. The lowest BCUT2D eigenvalue weighted by Crippen LogP contribution is -2.48. The molecule has 1 rings (SSSR count). The predicted molar refractivity (Wildman–Crippen MR) is 55.4 cm³/mol. The van der Waals surface area contributed by atoms with Crippen LogP contribution in [0.5, 0.6) is 0 Å². The fourth-order valence-electron chi connectivity index (χ4n) is 1.18. The number of nitrogens with one attached hydrogen (secondary N) is 1. The zero-order valence-electron chi connectivity index (χ0n) is 9.71. The monoisotopic (exact) mass is 221 g/mol. The molecule has 1 fully saturated rings. The van der Waals surface area contributed by atoms with E-state index in [0.717, 1.165) is 0 Å². The second-order valence-electron chi connectivity index (χ2n) is 4.47. The van der Waals surface area contributed by atoms with Gasteiger partial charge in [-0.3, -0.25) is 4.39 Å². The number of carbonyl (C=O) groups excluding carboxylic acids is 1. The Morgan fingerprint density at radius 3 is 2.20 bits per heavy atom. The van der Waals surface area contributed by atoms with Crippen LogP contribution in [-0.4, -0.2) is 36.1 Å². The second-order valence-corrected chi connectivity index (χ2v) is 4.47. The van der Waals surface area contributed by atoms with Crippen molar-refractivity contribution in [1.82, 2.24) is 5.32 Å². The summed E-state index contributed by atoms with van der Waals surface area (Å²) < 4.78 is 14.5. The number of rotatable bonds is 1. The zero-order valence-corrected chi connectivity index (χ0v) is 9.71. The third-order valence-electron chi connectivity index (χ3n) is 1.83. The molecular formula is C10H20FNO3. The Kier molecular flexibility index (Phi) is 5.57. The van der Waals surface area contributed by atoms with Gasteiger partial charge in [-0.15, -0.1) is 0 Å². The summed E-state index contributed by atoms with van der Waals surface area (Å²) in [5, 5.41) is 11.7. The van der Waals surface area contributed by atoms with Crippen LogP contribution in [0.25, 0.3) is 0 Å². The fourth-order valence-corrected chi connectivity index (χ4v) is 1.18. The van der Waals surface area contributed by atoms with E-state index in [1.165, 1.54) is 0 Å². The summed E-state index contributed by atoms with van der Waals surface area (Å²) in [6, 6.07) is 0.0878. The van der Waals surface area contributed by atoms with Crippen LogP contribution in [0.3, 0.4) is 0 Å². The number of ether oxygens (including phenoxy) is 1. The molecule has 0 unspecified atom stereocenters. The topological polar surface area (TPSA) is 58.6 Å². The quantitative estimate of drug-likeness (QED) is 0.707. The van der Waals surface area contributed by atoms with Crippen LogP contribution in [-0.2, 0) is 4.74 Å². The highest BCUT2D eigenvalue weighted by atomic mass is 19.1. The van der Waals surface area contributed by atoms with Crippen molar-refractivity contribution >= 4 is 6.09 Å². The first-order chi connectivity index (χ1) is 6.87. The third-order valence-corrected chi connectivity index (χ3v) is 1.83. The first kappa shape index (κ1) is 14.2. The van der Waals surface area contributed by atoms with Crippen molar-refractivity contribution in [1.29, 1.82) is 0 Å². The first-order valence-corrected chi connectivity index (χ1v) is 4.92. The highest BCUT2D eigenvalue weighted by molar-refractivity contribution is 5.68. The van der Waals surface area contributed by atoms with Gasteiger partial charge in [0, 0.05) is 6.04 Å². The maximum absolute atomic E-state index is 11.2. The number of amides is 1. The van der Waals surface area contributed by atoms with E-state index in [9.17, 15) is 9.18 Å². The number of hydrogen-bond acceptors (Lipinski definition) is 3. The smallest absolute Gasteiger partial charge is 0.407 e. The molecule has 0 bridgehead atoms. The Labute approximate surface area is 89.8 Å². The highest BCUT2D eigenvalue weighted by Crippen LogP contribution is 2.19. The van der Waals surface area contributed by atoms with E-state index >= 15 is 0 Å². The molecule has 1 amide bonds. The lowest BCUT2D eigenvalue weighted by atomic mass is 9.90. The minimum atomic E-state index is -0.452. The molecule has 2 N–H and O–H groups in total. The number of alkyl carbamates (subject to hydrolysis) is 1. The van der Waals surface area contributed by atoms with Gasteiger partial charge in [0.25, 0.3) is 0 Å². The molecule has 0 radical (unpaired) electrons. The van der Waals surface area contributed by atoms with Gasteiger partial charge in [0.1, 0.15) is 5.60 Å². The summed E-state index contributed by atoms with van der Waals surface area (Å²) in [5.74, 6) is 0. The normalized spacial score (nSPS) is 24.4. The Bertz CT molecular complexity index is 197. The van der Waals surface area contributed by atoms with E-state index in [4.69, 9.17) is 9.84 Å². The number of carbonyl (C=O) groups is 1. The van der Waals surface area contributed by atoms with Gasteiger partial charge in [0.2, 0.25) is 0 Å². The Balaban J connectivity index is 0.000000921. The molecular weight excluding hydrogens is 201 g/mol. The molecule has 0 aromatic rings. The van der Waals surface area contributed by atoms with Gasteiger partial charge in [0.15, 0.2) is 0 Å². The van der Waals surface area contributed by atoms with Crippen molar-refractivity contribution in [3.05, 3.63) is 0 Å². The lowest BCUT2D eigenvalue weighted by molar-refractivity contribution is 0.0304. The van der Waals surface area contributed by atoms with E-state index in [1.807, 2.05) is 20.8 Å². The number of aliphatic hydroxyl groups is 1. The molecule has 0 atom stereocenters. The second kappa shape index (κ2) is 5.90. The fraction of sp³-hybridized carbons (Fsp3) is 0.900. The molecule has 0 heterocycles. The maximum atomic E-state index is 11.2. The molecule has 4 nitrogen and oxygen atoms in total. The molecule has 1 aliphatic carbocycles. The number of halogens is 1. The molecule has 1 saturated carbocycles. The van der Waals surface area contributed by atoms with Crippen molar-refractivity contribution in [2.45, 2.75) is 51.4 Å². The van der Waals surface area contributed by atoms with Gasteiger partial charge in [0.05, 0.1) is 13.3 Å². The van der Waals surface area contributed by atoms with Crippen LogP contribution < -0.4 is 5.32 Å². The minimum Gasteiger partial charge on any atom is -0.444 e. The average molecular weight is 221 g/mol. The predicted octanol–water partition coefficient (Wildman–Crippen LogP) is 1.62. The van der Waals surface area contributed by atoms with Crippen molar-refractivity contribution in [2.24, 2.45) is 0 Å². The summed E-state index contributed by atoms with van der Waals surface area (Å²) in [5.41, 5.74) is -0.452. The van der Waals surface area contributed by atoms with E-state index in [-0.39, 0.29) is 12.1 Å². The van der Waals surface area contributed by atoms with Gasteiger partial charge in [-0.05, 0) is 33.6 Å². The molecule has 0 aromatic carbocycles. The van der Waals surface area contributed by atoms with Crippen molar-refractivity contribution in [3.8, 4) is 0 Å². The SMILES string of the molecule is CC(C)(C)OC(=O)NC1CC(O)C1.CF. The van der Waals surface area contributed by atoms with Crippen molar-refractivity contribution in [3.63, 3.8) is 0 Å². The van der Waals surface area contributed by atoms with Crippen LogP contribution in [0.4, 0.5) is 9.18 Å². The van der Waals surface area contributed by atoms with Crippen LogP contribution >= 0.6 is 0 Å². The molecule has 0 aromatic heterocycles. The molecule has 0 aliphatic heterocycles. The molecule has 5 heteroatoms. The summed E-state index contributed by atoms with van der Waals surface area (Å²) in [4.78, 5) is 11.2. The van der Waals surface area contributed by atoms with Crippen molar-refractivity contribution in [2.75, 3.05) is 7.18 Å². The Morgan fingerprint density at radius 1 is 1.40 bits per heavy atom. The van der Waals surface area contributed by atoms with E-state index in [1.54, 1.807) is 0 Å². The van der Waals surface area contributed by atoms with E-state index in [2.05, 4.69) is 5.32 Å². The summed E-state index contributed by atoms with van der Waals surface area (Å²) in [7, 11) is 0.500. The van der Waals surface area contributed by atoms with Gasteiger partial charge < -0.3 is 15.2 Å². The standard InChI is InChI=1S/C9H17NO3.CH3F/c1-9(2,3)13-8(12)10-6-4-7(11)5-6;1-2/h6-7,11H,4-5H2,1-3H3,(H,10,12);1H3. The molecule has 90 valence electrons. The molecule has 15 heavy (non-hydrogen) atoms. The van der Waals surface area contributed by atoms with Gasteiger partial charge in [-0.2, -0.15) is 0 Å². The molecule has 0 spiro atoms. The first-order valence-electron chi connectivity index (χ1n) is 4.92. The van der Waals surface area contributed by atoms with Crippen LogP contribution in [0.15, 0.2) is 0 Å². The minimum absolute atomic E-state index is 0.0878. The van der Waals surface area contributed by atoms with Crippen LogP contribution in [0.1, 0.15) is 33.6 Å². The molecule has 1 aliphatic rings. The van der Waals surface area contributed by atoms with Crippen LogP contribution in [0, 0.1) is 0 Å². The van der Waals surface area contributed by atoms with Crippen molar-refractivity contribution < 1.29 is 19.0 Å². The maximum Gasteiger partial charge on any atom is 0.407 e. The van der Waals surface area contributed by atoms with Gasteiger partial charge in [-0.1, -0.05) is 0 Å².